The Morgan fingerprint density at radius 2 is 2.75 bits per heavy atom. The minimum atomic E-state index is -0.361. The summed E-state index contributed by atoms with van der Waals surface area (Å²) in [5.41, 5.74) is 0. The molecule has 3 heteroatoms. The lowest BCUT2D eigenvalue weighted by Gasteiger charge is -2.09. The quantitative estimate of drug-likeness (QED) is 0.499. The van der Waals surface area contributed by atoms with Crippen molar-refractivity contribution >= 4 is 6.09 Å². The van der Waals surface area contributed by atoms with E-state index < -0.39 is 0 Å². The zero-order valence-corrected chi connectivity index (χ0v) is 6.75. The Balaban J connectivity index is 2.37. The second-order valence-electron chi connectivity index (χ2n) is 2.68. The van der Waals surface area contributed by atoms with E-state index in [1.165, 1.54) is 0 Å². The average molecular weight is 165 g/mol. The molecule has 1 fully saturated rings. The third kappa shape index (κ3) is 2.03. The highest BCUT2D eigenvalue weighted by Crippen LogP contribution is 2.10. The van der Waals surface area contributed by atoms with Crippen molar-refractivity contribution < 1.29 is 9.53 Å². The second-order valence-corrected chi connectivity index (χ2v) is 2.68. The van der Waals surface area contributed by atoms with Crippen LogP contribution in [0.3, 0.4) is 0 Å². The average Bonchev–Trinajstić information content (AvgIpc) is 2.47. The number of alkyl carbamates (subject to hydrolysis) is 1. The Hall–Kier alpha value is -1.43. The molecule has 0 radical (unpaired) electrons. The Kier molecular flexibility index (Phi) is 2.76. The smallest absolute Gasteiger partial charge is 0.407 e. The van der Waals surface area contributed by atoms with Crippen molar-refractivity contribution in [2.45, 2.75) is 12.5 Å². The van der Waals surface area contributed by atoms with Gasteiger partial charge in [-0.1, -0.05) is 12.0 Å². The predicted octanol–water partition coefficient (Wildman–Crippen LogP) is 0.920. The molecule has 3 nitrogen and oxygen atoms in total. The van der Waals surface area contributed by atoms with Crippen LogP contribution in [-0.4, -0.2) is 18.7 Å². The largest absolute Gasteiger partial charge is 0.447 e. The lowest BCUT2D eigenvalue weighted by Crippen LogP contribution is -2.27. The molecular weight excluding hydrogens is 154 g/mol. The Labute approximate surface area is 71.8 Å². The van der Waals surface area contributed by atoms with Crippen LogP contribution < -0.4 is 5.32 Å². The number of cyclic esters (lactones) is 1. The molecule has 0 aromatic heterocycles. The van der Waals surface area contributed by atoms with Crippen LogP contribution in [-0.2, 0) is 4.74 Å². The maximum absolute atomic E-state index is 10.6. The van der Waals surface area contributed by atoms with Crippen LogP contribution in [0.5, 0.6) is 0 Å². The lowest BCUT2D eigenvalue weighted by molar-refractivity contribution is 0.176. The number of hydrogen-bond donors (Lipinski definition) is 1. The van der Waals surface area contributed by atoms with Crippen molar-refractivity contribution in [1.29, 1.82) is 0 Å². The zero-order chi connectivity index (χ0) is 8.97. The number of allylic oxidation sites excluding steroid dienone is 1. The van der Waals surface area contributed by atoms with E-state index in [0.29, 0.717) is 13.0 Å². The molecule has 1 N–H and O–H groups in total. The molecule has 0 aromatic rings. The van der Waals surface area contributed by atoms with Crippen LogP contribution in [0.25, 0.3) is 0 Å². The number of nitrogens with one attached hydrogen (secondary N) is 1. The fourth-order valence-corrected chi connectivity index (χ4v) is 1.09. The summed E-state index contributed by atoms with van der Waals surface area (Å²) in [7, 11) is 0. The fourth-order valence-electron chi connectivity index (χ4n) is 1.09. The SMILES string of the molecule is C#CC(C=C)C[C@@H]1COC(=O)N1. The molecule has 1 heterocycles. The van der Waals surface area contributed by atoms with Crippen LogP contribution in [0.1, 0.15) is 6.42 Å². The fraction of sp³-hybridized carbons (Fsp3) is 0.444. The van der Waals surface area contributed by atoms with Gasteiger partial charge < -0.3 is 10.1 Å². The number of carbonyl (C=O) groups is 1. The van der Waals surface area contributed by atoms with E-state index in [0.717, 1.165) is 0 Å². The number of amides is 1. The molecule has 0 saturated carbocycles. The third-order valence-corrected chi connectivity index (χ3v) is 1.77. The summed E-state index contributed by atoms with van der Waals surface area (Å²) in [4.78, 5) is 10.6. The standard InChI is InChI=1S/C9H11NO2/c1-3-7(4-2)5-8-6-12-9(11)10-8/h1,4,7-8H,2,5-6H2,(H,10,11)/t7?,8-/m1/s1. The van der Waals surface area contributed by atoms with Gasteiger partial charge in [-0.3, -0.25) is 0 Å². The maximum atomic E-state index is 10.6. The van der Waals surface area contributed by atoms with Gasteiger partial charge in [0.25, 0.3) is 0 Å². The van der Waals surface area contributed by atoms with Crippen LogP contribution in [0.2, 0.25) is 0 Å². The highest BCUT2D eigenvalue weighted by atomic mass is 16.6. The van der Waals surface area contributed by atoms with Crippen molar-refractivity contribution in [3.05, 3.63) is 12.7 Å². The second kappa shape index (κ2) is 3.82. The first-order valence-corrected chi connectivity index (χ1v) is 3.78. The van der Waals surface area contributed by atoms with Crippen LogP contribution in [0, 0.1) is 18.3 Å². The first kappa shape index (κ1) is 8.66. The molecule has 1 saturated heterocycles. The van der Waals surface area contributed by atoms with Gasteiger partial charge in [-0.25, -0.2) is 4.79 Å². The van der Waals surface area contributed by atoms with Gasteiger partial charge in [0.15, 0.2) is 0 Å². The first-order chi connectivity index (χ1) is 5.76. The van der Waals surface area contributed by atoms with E-state index in [-0.39, 0.29) is 18.1 Å². The van der Waals surface area contributed by atoms with E-state index in [1.54, 1.807) is 6.08 Å². The summed E-state index contributed by atoms with van der Waals surface area (Å²) in [6.45, 7) is 4.00. The monoisotopic (exact) mass is 165 g/mol. The van der Waals surface area contributed by atoms with Crippen molar-refractivity contribution in [3.63, 3.8) is 0 Å². The number of rotatable bonds is 3. The van der Waals surface area contributed by atoms with E-state index in [2.05, 4.69) is 17.8 Å². The van der Waals surface area contributed by atoms with Crippen molar-refractivity contribution in [2.75, 3.05) is 6.61 Å². The molecular formula is C9H11NO2. The molecule has 2 atom stereocenters. The van der Waals surface area contributed by atoms with Gasteiger partial charge in [0, 0.05) is 5.92 Å². The molecule has 0 aliphatic carbocycles. The molecule has 0 bridgehead atoms. The minimum absolute atomic E-state index is 0.0111. The summed E-state index contributed by atoms with van der Waals surface area (Å²) in [6, 6.07) is 0.0385. The summed E-state index contributed by atoms with van der Waals surface area (Å²) in [6.07, 6.45) is 7.26. The van der Waals surface area contributed by atoms with Crippen molar-refractivity contribution in [3.8, 4) is 12.3 Å². The number of carbonyl (C=O) groups excluding carboxylic acids is 1. The molecule has 1 rings (SSSR count). The van der Waals surface area contributed by atoms with Gasteiger partial charge in [0.2, 0.25) is 0 Å². The van der Waals surface area contributed by atoms with Crippen molar-refractivity contribution in [1.82, 2.24) is 5.32 Å². The normalized spacial score (nSPS) is 23.6. The molecule has 1 unspecified atom stereocenters. The highest BCUT2D eigenvalue weighted by molar-refractivity contribution is 5.69. The van der Waals surface area contributed by atoms with Crippen molar-refractivity contribution in [2.24, 2.45) is 5.92 Å². The minimum Gasteiger partial charge on any atom is -0.447 e. The predicted molar refractivity (Wildman–Crippen MR) is 45.4 cm³/mol. The van der Waals surface area contributed by atoms with E-state index in [9.17, 15) is 4.79 Å². The summed E-state index contributed by atoms with van der Waals surface area (Å²) in [5, 5.41) is 2.65. The van der Waals surface area contributed by atoms with Gasteiger partial charge in [-0.2, -0.15) is 0 Å². The van der Waals surface area contributed by atoms with Gasteiger partial charge in [-0.05, 0) is 6.42 Å². The number of terminal acetylenes is 1. The zero-order valence-electron chi connectivity index (χ0n) is 6.75. The van der Waals surface area contributed by atoms with E-state index in [4.69, 9.17) is 11.2 Å². The van der Waals surface area contributed by atoms with Crippen LogP contribution in [0.4, 0.5) is 4.79 Å². The summed E-state index contributed by atoms with van der Waals surface area (Å²) in [5.74, 6) is 2.58. The molecule has 0 spiro atoms. The molecule has 12 heavy (non-hydrogen) atoms. The van der Waals surface area contributed by atoms with Crippen LogP contribution in [0.15, 0.2) is 12.7 Å². The Morgan fingerprint density at radius 3 is 3.17 bits per heavy atom. The lowest BCUT2D eigenvalue weighted by atomic mass is 10.0. The number of ether oxygens (including phenoxy) is 1. The number of hydrogen-bond acceptors (Lipinski definition) is 2. The third-order valence-electron chi connectivity index (χ3n) is 1.77. The van der Waals surface area contributed by atoms with Gasteiger partial charge in [0.05, 0.1) is 6.04 Å². The Bertz CT molecular complexity index is 229. The molecule has 1 aliphatic rings. The summed E-state index contributed by atoms with van der Waals surface area (Å²) < 4.78 is 4.70. The highest BCUT2D eigenvalue weighted by Gasteiger charge is 2.23. The van der Waals surface area contributed by atoms with Gasteiger partial charge in [-0.15, -0.1) is 13.0 Å². The van der Waals surface area contributed by atoms with E-state index in [1.807, 2.05) is 0 Å². The van der Waals surface area contributed by atoms with Gasteiger partial charge in [0.1, 0.15) is 6.61 Å². The van der Waals surface area contributed by atoms with Gasteiger partial charge >= 0.3 is 6.09 Å². The summed E-state index contributed by atoms with van der Waals surface area (Å²) >= 11 is 0. The Morgan fingerprint density at radius 1 is 2.00 bits per heavy atom. The topological polar surface area (TPSA) is 38.3 Å². The molecule has 0 aromatic carbocycles. The molecule has 64 valence electrons. The maximum Gasteiger partial charge on any atom is 0.407 e. The first-order valence-electron chi connectivity index (χ1n) is 3.78. The molecule has 1 aliphatic heterocycles. The molecule has 1 amide bonds. The van der Waals surface area contributed by atoms with Crippen LogP contribution >= 0.6 is 0 Å². The van der Waals surface area contributed by atoms with E-state index >= 15 is 0 Å².